The number of hydrogen-bond acceptors (Lipinski definition) is 6. The van der Waals surface area contributed by atoms with Gasteiger partial charge < -0.3 is 15.1 Å². The van der Waals surface area contributed by atoms with Gasteiger partial charge in [0.05, 0.1) is 4.88 Å². The summed E-state index contributed by atoms with van der Waals surface area (Å²) < 4.78 is 0. The number of nitrogens with zero attached hydrogens (tertiary/aromatic N) is 4. The van der Waals surface area contributed by atoms with E-state index in [1.165, 1.54) is 28.2 Å². The molecule has 1 aliphatic rings. The Balaban J connectivity index is 1.37. The monoisotopic (exact) mass is 393 g/mol. The van der Waals surface area contributed by atoms with Gasteiger partial charge in [0.25, 0.3) is 5.91 Å². The molecule has 1 saturated heterocycles. The fourth-order valence-corrected chi connectivity index (χ4v) is 4.02. The van der Waals surface area contributed by atoms with Gasteiger partial charge in [0.1, 0.15) is 0 Å². The summed E-state index contributed by atoms with van der Waals surface area (Å²) in [5.74, 6) is 1.16. The number of carbonyl (C=O) groups is 1. The maximum Gasteiger partial charge on any atom is 0.266 e. The molecule has 3 heterocycles. The molecule has 1 aliphatic heterocycles. The molecule has 0 saturated carbocycles. The SMILES string of the molecule is Cc1cccc(N2CCN(c3ccc(NC(=O)c4cccs4)nn3)CC2)c1C. The summed E-state index contributed by atoms with van der Waals surface area (Å²) in [7, 11) is 0. The van der Waals surface area contributed by atoms with E-state index in [9.17, 15) is 4.79 Å². The van der Waals surface area contributed by atoms with Gasteiger partial charge in [0, 0.05) is 31.9 Å². The van der Waals surface area contributed by atoms with E-state index in [0.717, 1.165) is 32.0 Å². The van der Waals surface area contributed by atoms with Gasteiger partial charge in [0.15, 0.2) is 11.6 Å². The van der Waals surface area contributed by atoms with E-state index in [-0.39, 0.29) is 5.91 Å². The standard InChI is InChI=1S/C21H23N5OS/c1-15-5-3-6-17(16(15)2)25-10-12-26(13-11-25)20-9-8-19(23-24-20)22-21(27)18-7-4-14-28-18/h3-9,14H,10-13H2,1-2H3,(H,22,23,27). The van der Waals surface area contributed by atoms with Gasteiger partial charge in [-0.3, -0.25) is 4.79 Å². The first-order valence-corrected chi connectivity index (χ1v) is 10.2. The predicted molar refractivity (Wildman–Crippen MR) is 115 cm³/mol. The molecule has 0 atom stereocenters. The van der Waals surface area contributed by atoms with Crippen molar-refractivity contribution in [1.29, 1.82) is 0 Å². The Kier molecular flexibility index (Phi) is 5.25. The molecule has 7 heteroatoms. The molecule has 6 nitrogen and oxygen atoms in total. The van der Waals surface area contributed by atoms with Crippen LogP contribution in [-0.4, -0.2) is 42.3 Å². The second-order valence-corrected chi connectivity index (χ2v) is 7.85. The van der Waals surface area contributed by atoms with Crippen LogP contribution >= 0.6 is 11.3 Å². The summed E-state index contributed by atoms with van der Waals surface area (Å²) in [6, 6.07) is 13.9. The topological polar surface area (TPSA) is 61.4 Å². The number of hydrogen-bond donors (Lipinski definition) is 1. The zero-order chi connectivity index (χ0) is 19.5. The molecule has 144 valence electrons. The van der Waals surface area contributed by atoms with Crippen molar-refractivity contribution in [3.05, 3.63) is 63.8 Å². The summed E-state index contributed by atoms with van der Waals surface area (Å²) in [6.45, 7) is 8.02. The summed E-state index contributed by atoms with van der Waals surface area (Å²) in [5.41, 5.74) is 3.99. The number of anilines is 3. The van der Waals surface area contributed by atoms with Gasteiger partial charge in [-0.15, -0.1) is 21.5 Å². The van der Waals surface area contributed by atoms with Crippen molar-refractivity contribution in [2.24, 2.45) is 0 Å². The highest BCUT2D eigenvalue weighted by molar-refractivity contribution is 7.12. The molecule has 0 aliphatic carbocycles. The van der Waals surface area contributed by atoms with E-state index in [0.29, 0.717) is 10.7 Å². The van der Waals surface area contributed by atoms with E-state index >= 15 is 0 Å². The van der Waals surface area contributed by atoms with E-state index in [1.54, 1.807) is 6.07 Å². The number of thiophene rings is 1. The summed E-state index contributed by atoms with van der Waals surface area (Å²) in [5, 5.41) is 13.1. The van der Waals surface area contributed by atoms with Crippen molar-refractivity contribution in [2.45, 2.75) is 13.8 Å². The first kappa shape index (κ1) is 18.4. The van der Waals surface area contributed by atoms with E-state index in [2.05, 4.69) is 57.4 Å². The fraction of sp³-hybridized carbons (Fsp3) is 0.286. The lowest BCUT2D eigenvalue weighted by Gasteiger charge is -2.37. The number of amides is 1. The number of benzene rings is 1. The Hall–Kier alpha value is -2.93. The van der Waals surface area contributed by atoms with Gasteiger partial charge in [-0.05, 0) is 54.6 Å². The molecule has 1 fully saturated rings. The number of rotatable bonds is 4. The Morgan fingerprint density at radius 3 is 2.43 bits per heavy atom. The molecule has 1 N–H and O–H groups in total. The van der Waals surface area contributed by atoms with Crippen molar-refractivity contribution in [3.63, 3.8) is 0 Å². The summed E-state index contributed by atoms with van der Waals surface area (Å²) >= 11 is 1.40. The number of aryl methyl sites for hydroxylation is 1. The van der Waals surface area contributed by atoms with E-state index in [1.807, 2.05) is 23.6 Å². The zero-order valence-electron chi connectivity index (χ0n) is 16.1. The van der Waals surface area contributed by atoms with Crippen molar-refractivity contribution in [3.8, 4) is 0 Å². The quantitative estimate of drug-likeness (QED) is 0.732. The van der Waals surface area contributed by atoms with E-state index < -0.39 is 0 Å². The van der Waals surface area contributed by atoms with Crippen LogP contribution in [0, 0.1) is 13.8 Å². The Morgan fingerprint density at radius 2 is 1.75 bits per heavy atom. The molecule has 1 aromatic carbocycles. The zero-order valence-corrected chi connectivity index (χ0v) is 16.9. The molecule has 3 aromatic rings. The fourth-order valence-electron chi connectivity index (χ4n) is 3.40. The van der Waals surface area contributed by atoms with Gasteiger partial charge in [0.2, 0.25) is 0 Å². The average molecular weight is 394 g/mol. The van der Waals surface area contributed by atoms with Crippen LogP contribution in [0.25, 0.3) is 0 Å². The number of carbonyl (C=O) groups excluding carboxylic acids is 1. The van der Waals surface area contributed by atoms with Crippen LogP contribution in [0.5, 0.6) is 0 Å². The third kappa shape index (κ3) is 3.84. The molecule has 0 spiro atoms. The summed E-state index contributed by atoms with van der Waals surface area (Å²) in [4.78, 5) is 17.4. The number of piperazine rings is 1. The molecular weight excluding hydrogens is 370 g/mol. The molecule has 1 amide bonds. The van der Waals surface area contributed by atoms with E-state index in [4.69, 9.17) is 0 Å². The molecule has 28 heavy (non-hydrogen) atoms. The van der Waals surface area contributed by atoms with Crippen LogP contribution in [-0.2, 0) is 0 Å². The maximum atomic E-state index is 12.1. The maximum absolute atomic E-state index is 12.1. The highest BCUT2D eigenvalue weighted by Crippen LogP contribution is 2.25. The van der Waals surface area contributed by atoms with Crippen LogP contribution in [0.4, 0.5) is 17.3 Å². The van der Waals surface area contributed by atoms with Crippen molar-refractivity contribution >= 4 is 34.6 Å². The number of aromatic nitrogens is 2. The first-order chi connectivity index (χ1) is 13.6. The van der Waals surface area contributed by atoms with Crippen molar-refractivity contribution in [1.82, 2.24) is 10.2 Å². The predicted octanol–water partition coefficient (Wildman–Crippen LogP) is 3.73. The highest BCUT2D eigenvalue weighted by atomic mass is 32.1. The van der Waals surface area contributed by atoms with Gasteiger partial charge in [-0.2, -0.15) is 0 Å². The molecule has 0 bridgehead atoms. The smallest absolute Gasteiger partial charge is 0.266 e. The van der Waals surface area contributed by atoms with Crippen LogP contribution in [0.2, 0.25) is 0 Å². The normalized spacial score (nSPS) is 14.2. The minimum Gasteiger partial charge on any atom is -0.368 e. The lowest BCUT2D eigenvalue weighted by Crippen LogP contribution is -2.47. The largest absolute Gasteiger partial charge is 0.368 e. The minimum atomic E-state index is -0.154. The van der Waals surface area contributed by atoms with Crippen LogP contribution in [0.15, 0.2) is 47.8 Å². The van der Waals surface area contributed by atoms with Gasteiger partial charge in [-0.25, -0.2) is 0 Å². The van der Waals surface area contributed by atoms with Gasteiger partial charge >= 0.3 is 0 Å². The highest BCUT2D eigenvalue weighted by Gasteiger charge is 2.20. The van der Waals surface area contributed by atoms with Crippen molar-refractivity contribution in [2.75, 3.05) is 41.3 Å². The third-order valence-electron chi connectivity index (χ3n) is 5.16. The average Bonchev–Trinajstić information content (AvgIpc) is 3.26. The molecule has 2 aromatic heterocycles. The number of nitrogens with one attached hydrogen (secondary N) is 1. The third-order valence-corrected chi connectivity index (χ3v) is 6.03. The van der Waals surface area contributed by atoms with Crippen LogP contribution < -0.4 is 15.1 Å². The molecule has 4 rings (SSSR count). The van der Waals surface area contributed by atoms with Gasteiger partial charge in [-0.1, -0.05) is 18.2 Å². The minimum absolute atomic E-state index is 0.154. The lowest BCUT2D eigenvalue weighted by atomic mass is 10.1. The van der Waals surface area contributed by atoms with Crippen molar-refractivity contribution < 1.29 is 4.79 Å². The Bertz CT molecular complexity index is 947. The lowest BCUT2D eigenvalue weighted by molar-refractivity contribution is 0.103. The Morgan fingerprint density at radius 1 is 0.964 bits per heavy atom. The molecule has 0 unspecified atom stereocenters. The first-order valence-electron chi connectivity index (χ1n) is 9.36. The van der Waals surface area contributed by atoms with Crippen LogP contribution in [0.1, 0.15) is 20.8 Å². The molecule has 0 radical (unpaired) electrons. The second kappa shape index (κ2) is 7.98. The second-order valence-electron chi connectivity index (χ2n) is 6.90. The Labute approximate surface area is 168 Å². The molecular formula is C21H23N5OS. The van der Waals surface area contributed by atoms with Crippen LogP contribution in [0.3, 0.4) is 0 Å². The summed E-state index contributed by atoms with van der Waals surface area (Å²) in [6.07, 6.45) is 0.